The van der Waals surface area contributed by atoms with Gasteiger partial charge in [0.2, 0.25) is 11.5 Å². The van der Waals surface area contributed by atoms with Crippen molar-refractivity contribution in [1.82, 2.24) is 35.9 Å². The van der Waals surface area contributed by atoms with Gasteiger partial charge in [-0.25, -0.2) is 19.4 Å². The SMILES string of the molecule is CC(C)(C)OC(=O)NCc1cnn(C[C@H]2NC(=O)[C@H]2NC(=O)/C(=N/OC2(C(=O)OC(c3ccccc3)c3ccccc3)CC2)c2csc(NC(=O)OC(C)(C)C)n2)n1. The summed E-state index contributed by atoms with van der Waals surface area (Å²) in [5, 5.41) is 24.8. The normalized spacial score (nSPS) is 17.3. The summed E-state index contributed by atoms with van der Waals surface area (Å²) in [6.07, 6.45) is -0.121. The molecule has 4 amide bonds. The molecular weight excluding hydrogens is 771 g/mol. The Hall–Kier alpha value is -6.37. The first kappa shape index (κ1) is 41.3. The molecule has 18 nitrogen and oxygen atoms in total. The number of hydrogen-bond acceptors (Lipinski definition) is 14. The van der Waals surface area contributed by atoms with Crippen LogP contribution < -0.4 is 21.3 Å². The summed E-state index contributed by atoms with van der Waals surface area (Å²) >= 11 is 0.996. The predicted octanol–water partition coefficient (Wildman–Crippen LogP) is 4.38. The van der Waals surface area contributed by atoms with Crippen molar-refractivity contribution in [2.45, 2.75) is 102 Å². The highest BCUT2D eigenvalue weighted by atomic mass is 32.1. The third-order valence-electron chi connectivity index (χ3n) is 8.44. The quantitative estimate of drug-likeness (QED) is 0.0458. The van der Waals surface area contributed by atoms with Gasteiger partial charge < -0.3 is 35.0 Å². The number of esters is 1. The minimum Gasteiger partial charge on any atom is -0.450 e. The van der Waals surface area contributed by atoms with Gasteiger partial charge in [-0.1, -0.05) is 65.8 Å². The lowest BCUT2D eigenvalue weighted by Gasteiger charge is -2.36. The molecule has 1 saturated carbocycles. The number of benzene rings is 2. The number of anilines is 1. The monoisotopic (exact) mass is 815 g/mol. The van der Waals surface area contributed by atoms with E-state index in [2.05, 4.69) is 41.6 Å². The van der Waals surface area contributed by atoms with Gasteiger partial charge in [0.25, 0.3) is 5.91 Å². The van der Waals surface area contributed by atoms with Crippen LogP contribution in [0.2, 0.25) is 0 Å². The molecule has 19 heteroatoms. The molecule has 1 aliphatic carbocycles. The number of nitrogens with one attached hydrogen (secondary N) is 4. The summed E-state index contributed by atoms with van der Waals surface area (Å²) < 4.78 is 16.6. The molecule has 306 valence electrons. The largest absolute Gasteiger partial charge is 0.450 e. The number of nitrogens with zero attached hydrogens (tertiary/aromatic N) is 5. The van der Waals surface area contributed by atoms with Crippen LogP contribution in [0.25, 0.3) is 0 Å². The third kappa shape index (κ3) is 10.9. The van der Waals surface area contributed by atoms with Gasteiger partial charge in [0, 0.05) is 18.2 Å². The molecule has 3 heterocycles. The first-order valence-electron chi connectivity index (χ1n) is 18.5. The van der Waals surface area contributed by atoms with Crippen LogP contribution in [0.4, 0.5) is 14.7 Å². The number of rotatable bonds is 14. The number of β-lactam (4-membered cyclic amide) rings is 1. The number of aromatic nitrogens is 4. The molecule has 2 fully saturated rings. The van der Waals surface area contributed by atoms with E-state index in [1.54, 1.807) is 41.5 Å². The Bertz CT molecular complexity index is 2120. The molecule has 0 unspecified atom stereocenters. The lowest BCUT2D eigenvalue weighted by Crippen LogP contribution is -2.70. The van der Waals surface area contributed by atoms with E-state index in [-0.39, 0.29) is 42.5 Å². The maximum absolute atomic E-state index is 14.0. The molecule has 4 N–H and O–H groups in total. The second kappa shape index (κ2) is 17.0. The summed E-state index contributed by atoms with van der Waals surface area (Å²) in [6.45, 7) is 10.5. The summed E-state index contributed by atoms with van der Waals surface area (Å²) in [5.41, 5.74) is -1.35. The van der Waals surface area contributed by atoms with Gasteiger partial charge in [0.05, 0.1) is 25.3 Å². The zero-order valence-corrected chi connectivity index (χ0v) is 33.6. The van der Waals surface area contributed by atoms with Crippen LogP contribution in [-0.2, 0) is 46.5 Å². The van der Waals surface area contributed by atoms with E-state index in [0.29, 0.717) is 5.69 Å². The van der Waals surface area contributed by atoms with Gasteiger partial charge in [0.15, 0.2) is 16.9 Å². The summed E-state index contributed by atoms with van der Waals surface area (Å²) in [7, 11) is 0. The summed E-state index contributed by atoms with van der Waals surface area (Å²) in [5.74, 6) is -1.99. The molecule has 2 aliphatic rings. The van der Waals surface area contributed by atoms with Crippen molar-refractivity contribution in [1.29, 1.82) is 0 Å². The topological polar surface area (TPSA) is 226 Å². The highest BCUT2D eigenvalue weighted by Crippen LogP contribution is 2.43. The van der Waals surface area contributed by atoms with Crippen molar-refractivity contribution in [2.75, 3.05) is 5.32 Å². The van der Waals surface area contributed by atoms with Crippen molar-refractivity contribution < 1.29 is 43.0 Å². The molecule has 0 radical (unpaired) electrons. The Kier molecular flexibility index (Phi) is 12.1. The van der Waals surface area contributed by atoms with Crippen LogP contribution in [0.1, 0.15) is 83.0 Å². The number of amides is 4. The molecular formula is C39H45N9O9S. The van der Waals surface area contributed by atoms with E-state index in [1.807, 2.05) is 60.7 Å². The van der Waals surface area contributed by atoms with Crippen LogP contribution in [0.5, 0.6) is 0 Å². The Morgan fingerprint density at radius 3 is 2.16 bits per heavy atom. The van der Waals surface area contributed by atoms with E-state index in [1.165, 1.54) is 16.4 Å². The number of carbonyl (C=O) groups is 5. The minimum atomic E-state index is -1.49. The molecule has 2 aromatic carbocycles. The fraction of sp³-hybridized carbons (Fsp3) is 0.410. The van der Waals surface area contributed by atoms with Gasteiger partial charge in [-0.3, -0.25) is 14.9 Å². The average molecular weight is 816 g/mol. The van der Waals surface area contributed by atoms with E-state index in [9.17, 15) is 24.0 Å². The van der Waals surface area contributed by atoms with E-state index < -0.39 is 65.0 Å². The van der Waals surface area contributed by atoms with E-state index >= 15 is 0 Å². The summed E-state index contributed by atoms with van der Waals surface area (Å²) in [4.78, 5) is 76.6. The van der Waals surface area contributed by atoms with E-state index in [0.717, 1.165) is 22.5 Å². The Labute approximate surface area is 338 Å². The Morgan fingerprint density at radius 1 is 0.948 bits per heavy atom. The molecule has 2 atom stereocenters. The van der Waals surface area contributed by atoms with Gasteiger partial charge in [-0.2, -0.15) is 15.0 Å². The standard InChI is InChI=1S/C39H45N9O9S/c1-37(2,3)55-35(52)40-19-25-20-41-48(46-25)21-26-28(31(49)42-26)44-32(50)29(27-22-58-34(43-27)45-36(53)56-38(4,5)6)47-57-39(17-18-39)33(51)54-30(23-13-9-7-10-14-23)24-15-11-8-12-16-24/h7-16,20,22,26,28,30H,17-19,21H2,1-6H3,(H,40,52)(H,42,49)(H,44,50)(H,43,45,53)/b47-29+/t26-,28+/m1/s1. The lowest BCUT2D eigenvalue weighted by molar-refractivity contribution is -0.164. The van der Waals surface area contributed by atoms with Crippen LogP contribution >= 0.6 is 11.3 Å². The maximum atomic E-state index is 14.0. The zero-order valence-electron chi connectivity index (χ0n) is 32.8. The van der Waals surface area contributed by atoms with Crippen LogP contribution in [0, 0.1) is 0 Å². The number of hydrogen-bond donors (Lipinski definition) is 4. The fourth-order valence-corrected chi connectivity index (χ4v) is 6.22. The number of alkyl carbamates (subject to hydrolysis) is 1. The van der Waals surface area contributed by atoms with Gasteiger partial charge >= 0.3 is 18.2 Å². The highest BCUT2D eigenvalue weighted by Gasteiger charge is 2.56. The molecule has 58 heavy (non-hydrogen) atoms. The van der Waals surface area contributed by atoms with Crippen LogP contribution in [-0.4, -0.2) is 84.5 Å². The molecule has 4 aromatic rings. The van der Waals surface area contributed by atoms with Crippen molar-refractivity contribution in [2.24, 2.45) is 5.16 Å². The number of thiazole rings is 1. The average Bonchev–Trinajstić information content (AvgIpc) is 3.59. The van der Waals surface area contributed by atoms with Crippen molar-refractivity contribution in [3.05, 3.63) is 94.8 Å². The lowest BCUT2D eigenvalue weighted by atomic mass is 9.98. The second-order valence-corrected chi connectivity index (χ2v) is 16.5. The van der Waals surface area contributed by atoms with Gasteiger partial charge in [0.1, 0.15) is 28.6 Å². The smallest absolute Gasteiger partial charge is 0.413 e. The Morgan fingerprint density at radius 2 is 1.57 bits per heavy atom. The van der Waals surface area contributed by atoms with Crippen molar-refractivity contribution in [3.8, 4) is 0 Å². The number of carbonyl (C=O) groups excluding carboxylic acids is 5. The van der Waals surface area contributed by atoms with Gasteiger partial charge in [-0.15, -0.1) is 11.3 Å². The van der Waals surface area contributed by atoms with Crippen LogP contribution in [0.3, 0.4) is 0 Å². The molecule has 1 saturated heterocycles. The summed E-state index contributed by atoms with van der Waals surface area (Å²) in [6, 6.07) is 16.9. The molecule has 2 aromatic heterocycles. The maximum Gasteiger partial charge on any atom is 0.413 e. The third-order valence-corrected chi connectivity index (χ3v) is 9.20. The van der Waals surface area contributed by atoms with E-state index in [4.69, 9.17) is 19.0 Å². The molecule has 1 aliphatic heterocycles. The highest BCUT2D eigenvalue weighted by molar-refractivity contribution is 7.14. The Balaban J connectivity index is 1.17. The van der Waals surface area contributed by atoms with Crippen LogP contribution in [0.15, 0.2) is 77.4 Å². The predicted molar refractivity (Wildman–Crippen MR) is 209 cm³/mol. The number of oxime groups is 1. The first-order valence-corrected chi connectivity index (χ1v) is 19.3. The van der Waals surface area contributed by atoms with Crippen molar-refractivity contribution in [3.63, 3.8) is 0 Å². The zero-order chi connectivity index (χ0) is 41.7. The fourth-order valence-electron chi connectivity index (χ4n) is 5.54. The molecule has 0 spiro atoms. The second-order valence-electron chi connectivity index (χ2n) is 15.6. The minimum absolute atomic E-state index is 0.00340. The molecule has 6 rings (SSSR count). The van der Waals surface area contributed by atoms with Gasteiger partial charge in [-0.05, 0) is 52.7 Å². The van der Waals surface area contributed by atoms with Crippen molar-refractivity contribution >= 4 is 52.2 Å². The number of ether oxygens (including phenoxy) is 3. The first-order chi connectivity index (χ1) is 27.5. The molecule has 0 bridgehead atoms.